The first kappa shape index (κ1) is 43.0. The molecule has 61 heavy (non-hydrogen) atoms. The maximum Gasteiger partial charge on any atom is 0.437 e. The van der Waals surface area contributed by atoms with E-state index in [1.54, 1.807) is 18.2 Å². The molecule has 19 heteroatoms. The second-order valence-electron chi connectivity index (χ2n) is 17.9. The molecule has 0 radical (unpaired) electrons. The zero-order valence-electron chi connectivity index (χ0n) is 34.2. The zero-order chi connectivity index (χ0) is 43.4. The number of piperidine rings is 1. The molecule has 0 unspecified atom stereocenters. The van der Waals surface area contributed by atoms with Gasteiger partial charge in [0.2, 0.25) is 21.8 Å². The van der Waals surface area contributed by atoms with Crippen LogP contribution in [0.3, 0.4) is 0 Å². The number of fused-ring (bicyclic) bond motifs is 5. The zero-order valence-corrected chi connectivity index (χ0v) is 35.0. The highest BCUT2D eigenvalue weighted by Crippen LogP contribution is 2.50. The van der Waals surface area contributed by atoms with Gasteiger partial charge in [0.05, 0.1) is 16.8 Å². The number of hydrogen-bond acceptors (Lipinski definition) is 10. The van der Waals surface area contributed by atoms with E-state index in [0.717, 1.165) is 30.8 Å². The van der Waals surface area contributed by atoms with Crippen molar-refractivity contribution in [1.82, 2.24) is 30.1 Å². The molecule has 5 heterocycles. The number of amides is 4. The number of pyridine rings is 1. The molecule has 1 spiro atoms. The lowest BCUT2D eigenvalue weighted by atomic mass is 9.87. The predicted molar refractivity (Wildman–Crippen MR) is 215 cm³/mol. The van der Waals surface area contributed by atoms with Gasteiger partial charge in [0, 0.05) is 29.8 Å². The Balaban J connectivity index is 1.12. The summed E-state index contributed by atoms with van der Waals surface area (Å²) in [5.41, 5.74) is -4.14. The Hall–Kier alpha value is -4.65. The highest BCUT2D eigenvalue weighted by Gasteiger charge is 2.64. The normalized spacial score (nSPS) is 29.8. The third kappa shape index (κ3) is 8.73. The van der Waals surface area contributed by atoms with Crippen molar-refractivity contribution in [2.24, 2.45) is 5.92 Å². The van der Waals surface area contributed by atoms with Crippen molar-refractivity contribution in [3.8, 4) is 11.5 Å². The van der Waals surface area contributed by atoms with Crippen LogP contribution in [0.15, 0.2) is 30.4 Å². The van der Waals surface area contributed by atoms with Gasteiger partial charge in [-0.3, -0.25) is 24.0 Å². The van der Waals surface area contributed by atoms with E-state index in [9.17, 15) is 45.9 Å². The van der Waals surface area contributed by atoms with Gasteiger partial charge < -0.3 is 30.1 Å². The summed E-state index contributed by atoms with van der Waals surface area (Å²) in [4.78, 5) is 62.3. The molecule has 4 amide bonds. The monoisotopic (exact) mass is 874 g/mol. The van der Waals surface area contributed by atoms with Crippen LogP contribution in [-0.2, 0) is 37.0 Å². The van der Waals surface area contributed by atoms with Gasteiger partial charge in [-0.05, 0) is 102 Å². The molecule has 4 aliphatic heterocycles. The van der Waals surface area contributed by atoms with Crippen molar-refractivity contribution in [2.75, 3.05) is 32.8 Å². The van der Waals surface area contributed by atoms with Gasteiger partial charge in [-0.2, -0.15) is 13.2 Å². The highest BCUT2D eigenvalue weighted by molar-refractivity contribution is 7.91. The van der Waals surface area contributed by atoms with E-state index in [1.165, 1.54) is 19.4 Å². The standard InChI is InChI=1S/C42H53F3N6O9S/c1-39(16-17-39)61(57,58)49-37(54)41-23-26(41)10-6-3-2-4-7-11-31(47-38(55)56)36(53)51-25-40(24-32(51)35(52)48-41)15-14-28-29-22-27(59-21-20-50-18-8-5-9-19-50)12-13-30(29)46-34(33(28)60-40)42(43,44)45/h6,10,12-13,22,26,31-32,47H,2-5,7-9,11,14-21,23-25H2,1H3,(H,48,52)(H,49,54)(H,55,56)/b10-6-/t26-,31+,32+,40-,41-/m1/s1. The number of carbonyl (C=O) groups is 4. The number of ether oxygens (including phenoxy) is 2. The van der Waals surface area contributed by atoms with Crippen molar-refractivity contribution < 1.29 is 55.3 Å². The molecule has 1 aromatic carbocycles. The van der Waals surface area contributed by atoms with E-state index in [0.29, 0.717) is 62.8 Å². The summed E-state index contributed by atoms with van der Waals surface area (Å²) in [5, 5.41) is 15.2. The summed E-state index contributed by atoms with van der Waals surface area (Å²) in [5.74, 6) is -3.16. The molecule has 332 valence electrons. The minimum absolute atomic E-state index is 0.0533. The average molecular weight is 875 g/mol. The third-order valence-electron chi connectivity index (χ3n) is 13.5. The van der Waals surface area contributed by atoms with Crippen LogP contribution in [0.25, 0.3) is 10.9 Å². The van der Waals surface area contributed by atoms with Crippen LogP contribution in [0.2, 0.25) is 0 Å². The van der Waals surface area contributed by atoms with Crippen LogP contribution in [0.5, 0.6) is 11.5 Å². The van der Waals surface area contributed by atoms with Crippen LogP contribution in [0.1, 0.15) is 102 Å². The Labute approximate surface area is 352 Å². The van der Waals surface area contributed by atoms with Gasteiger partial charge in [-0.1, -0.05) is 31.4 Å². The fourth-order valence-corrected chi connectivity index (χ4v) is 10.7. The summed E-state index contributed by atoms with van der Waals surface area (Å²) >= 11 is 0. The molecule has 2 aliphatic carbocycles. The first-order chi connectivity index (χ1) is 28.9. The van der Waals surface area contributed by atoms with Crippen molar-refractivity contribution in [3.63, 3.8) is 0 Å². The molecular weight excluding hydrogens is 822 g/mol. The quantitative estimate of drug-likeness (QED) is 0.266. The summed E-state index contributed by atoms with van der Waals surface area (Å²) in [6.45, 7) is 4.22. The Morgan fingerprint density at radius 3 is 2.54 bits per heavy atom. The number of sulfonamides is 1. The first-order valence-electron chi connectivity index (χ1n) is 21.4. The average Bonchev–Trinajstić information content (AvgIpc) is 4.10. The fourth-order valence-electron chi connectivity index (χ4n) is 9.42. The fraction of sp³-hybridized carbons (Fsp3) is 0.643. The van der Waals surface area contributed by atoms with E-state index >= 15 is 0 Å². The van der Waals surface area contributed by atoms with E-state index in [2.05, 4.69) is 25.2 Å². The third-order valence-corrected chi connectivity index (χ3v) is 15.6. The SMILES string of the molecule is CC1(S(=O)(=O)NC(=O)[C@@]23C[C@H]2/C=C\CCCCC[C@H](NC(=O)O)C(=O)N2C[C@@]4(CCc5c(c(C(F)(F)F)nc6ccc(OCCN7CCCCC7)cc56)O4)C[C@H]2C(=O)N3)CC1. The molecule has 1 aromatic heterocycles. The lowest BCUT2D eigenvalue weighted by molar-refractivity contribution is -0.144. The number of hydrogen-bond donors (Lipinski definition) is 4. The van der Waals surface area contributed by atoms with Crippen molar-refractivity contribution in [3.05, 3.63) is 41.6 Å². The smallest absolute Gasteiger partial charge is 0.437 e. The minimum atomic E-state index is -4.95. The molecular formula is C42H53F3N6O9S. The number of carboxylic acid groups (broad SMARTS) is 1. The van der Waals surface area contributed by atoms with Crippen LogP contribution < -0.4 is 24.8 Å². The van der Waals surface area contributed by atoms with Crippen molar-refractivity contribution >= 4 is 44.7 Å². The second kappa shape index (κ2) is 16.2. The number of halogens is 3. The molecule has 6 aliphatic rings. The highest BCUT2D eigenvalue weighted by atomic mass is 32.2. The molecule has 2 aromatic rings. The Morgan fingerprint density at radius 2 is 1.82 bits per heavy atom. The lowest BCUT2D eigenvalue weighted by Gasteiger charge is -2.37. The maximum atomic E-state index is 14.9. The number of carbonyl (C=O) groups excluding carboxylic acids is 3. The second-order valence-corrected chi connectivity index (χ2v) is 20.1. The number of aromatic nitrogens is 1. The van der Waals surface area contributed by atoms with E-state index in [4.69, 9.17) is 9.47 Å². The number of benzene rings is 1. The summed E-state index contributed by atoms with van der Waals surface area (Å²) in [6, 6.07) is 2.02. The molecule has 5 atom stereocenters. The van der Waals surface area contributed by atoms with Gasteiger partial charge >= 0.3 is 12.3 Å². The maximum absolute atomic E-state index is 14.9. The molecule has 2 saturated heterocycles. The predicted octanol–water partition coefficient (Wildman–Crippen LogP) is 4.81. The Kier molecular flexibility index (Phi) is 11.4. The summed E-state index contributed by atoms with van der Waals surface area (Å²) in [6.07, 6.45) is 3.71. The number of rotatable bonds is 8. The van der Waals surface area contributed by atoms with E-state index < -0.39 is 85.3 Å². The number of aryl methyl sites for hydroxylation is 1. The lowest BCUT2D eigenvalue weighted by Crippen LogP contribution is -2.58. The molecule has 15 nitrogen and oxygen atoms in total. The number of allylic oxidation sites excluding steroid dienone is 1. The van der Waals surface area contributed by atoms with Gasteiger partial charge in [-0.15, -0.1) is 0 Å². The molecule has 0 bridgehead atoms. The molecule has 4 fully saturated rings. The van der Waals surface area contributed by atoms with Gasteiger partial charge in [0.15, 0.2) is 11.4 Å². The minimum Gasteiger partial charge on any atom is -0.492 e. The van der Waals surface area contributed by atoms with Gasteiger partial charge in [0.25, 0.3) is 5.91 Å². The van der Waals surface area contributed by atoms with Crippen LogP contribution in [-0.4, -0.2) is 113 Å². The topological polar surface area (TPSA) is 197 Å². The van der Waals surface area contributed by atoms with Crippen molar-refractivity contribution in [2.45, 2.75) is 131 Å². The molecule has 8 rings (SSSR count). The van der Waals surface area contributed by atoms with Gasteiger partial charge in [0.1, 0.15) is 35.6 Å². The number of likely N-dealkylation sites (tertiary alicyclic amines) is 1. The summed E-state index contributed by atoms with van der Waals surface area (Å²) < 4.78 is 84.5. The summed E-state index contributed by atoms with van der Waals surface area (Å²) in [7, 11) is -4.10. The largest absolute Gasteiger partial charge is 0.492 e. The van der Waals surface area contributed by atoms with Gasteiger partial charge in [-0.25, -0.2) is 18.2 Å². The number of alkyl halides is 3. The van der Waals surface area contributed by atoms with Crippen LogP contribution in [0.4, 0.5) is 18.0 Å². The first-order valence-corrected chi connectivity index (χ1v) is 22.8. The van der Waals surface area contributed by atoms with E-state index in [1.807, 2.05) is 6.08 Å². The number of nitrogens with one attached hydrogen (secondary N) is 3. The Bertz CT molecular complexity index is 2230. The molecule has 4 N–H and O–H groups in total. The van der Waals surface area contributed by atoms with Crippen LogP contribution in [0, 0.1) is 5.92 Å². The Morgan fingerprint density at radius 1 is 1.07 bits per heavy atom. The molecule has 2 saturated carbocycles. The van der Waals surface area contributed by atoms with Crippen molar-refractivity contribution in [1.29, 1.82) is 0 Å². The number of nitrogens with zero attached hydrogens (tertiary/aromatic N) is 3. The van der Waals surface area contributed by atoms with Crippen LogP contribution >= 0.6 is 0 Å². The van der Waals surface area contributed by atoms with E-state index in [-0.39, 0.29) is 49.7 Å².